The number of nitrogens with one attached hydrogen (secondary N) is 2. The molecule has 0 spiro atoms. The van der Waals surface area contributed by atoms with Crippen LogP contribution in [-0.2, 0) is 12.0 Å². The van der Waals surface area contributed by atoms with Crippen LogP contribution in [0, 0.1) is 0 Å². The second kappa shape index (κ2) is 5.83. The third kappa shape index (κ3) is 3.64. The van der Waals surface area contributed by atoms with E-state index in [1.165, 1.54) is 0 Å². The smallest absolute Gasteiger partial charge is 0.145 e. The lowest BCUT2D eigenvalue weighted by Gasteiger charge is -2.18. The number of hydrazine groups is 1. The number of nitrogens with two attached hydrogens (primary N) is 1. The summed E-state index contributed by atoms with van der Waals surface area (Å²) in [5.41, 5.74) is 3.58. The molecule has 0 saturated carbocycles. The quantitative estimate of drug-likeness (QED) is 0.583. The van der Waals surface area contributed by atoms with Crippen molar-refractivity contribution in [1.82, 2.24) is 15.0 Å². The molecule has 0 atom stereocenters. The Hall–Kier alpha value is -2.21. The monoisotopic (exact) mass is 272 g/mol. The van der Waals surface area contributed by atoms with Gasteiger partial charge >= 0.3 is 0 Å². The maximum absolute atomic E-state index is 5.46. The Labute approximate surface area is 118 Å². The summed E-state index contributed by atoms with van der Waals surface area (Å²) in [6.45, 7) is 6.87. The summed E-state index contributed by atoms with van der Waals surface area (Å²) in [5, 5.41) is 3.27. The summed E-state index contributed by atoms with van der Waals surface area (Å²) in [6.07, 6.45) is 3.54. The molecule has 2 aromatic heterocycles. The number of nitrogen functional groups attached to an aromatic ring is 1. The van der Waals surface area contributed by atoms with Crippen molar-refractivity contribution >= 4 is 11.6 Å². The lowest BCUT2D eigenvalue weighted by Crippen LogP contribution is -2.20. The minimum atomic E-state index is -0.139. The SMILES string of the molecule is CC(C)(C)c1nc(NN)cc(NCc2ccncc2)n1. The average Bonchev–Trinajstić information content (AvgIpc) is 2.45. The third-order valence-corrected chi connectivity index (χ3v) is 2.77. The number of nitrogens with zero attached hydrogens (tertiary/aromatic N) is 3. The van der Waals surface area contributed by atoms with Gasteiger partial charge < -0.3 is 10.7 Å². The van der Waals surface area contributed by atoms with Gasteiger partial charge in [-0.05, 0) is 17.7 Å². The summed E-state index contributed by atoms with van der Waals surface area (Å²) in [4.78, 5) is 12.9. The van der Waals surface area contributed by atoms with Gasteiger partial charge in [-0.3, -0.25) is 4.98 Å². The fraction of sp³-hybridized carbons (Fsp3) is 0.357. The lowest BCUT2D eigenvalue weighted by atomic mass is 9.96. The molecule has 0 radical (unpaired) electrons. The van der Waals surface area contributed by atoms with Gasteiger partial charge in [0.1, 0.15) is 17.5 Å². The summed E-state index contributed by atoms with van der Waals surface area (Å²) >= 11 is 0. The lowest BCUT2D eigenvalue weighted by molar-refractivity contribution is 0.546. The summed E-state index contributed by atoms with van der Waals surface area (Å²) < 4.78 is 0. The fourth-order valence-electron chi connectivity index (χ4n) is 1.64. The van der Waals surface area contributed by atoms with Gasteiger partial charge in [0.15, 0.2) is 0 Å². The van der Waals surface area contributed by atoms with E-state index in [1.807, 2.05) is 12.1 Å². The molecular weight excluding hydrogens is 252 g/mol. The molecule has 20 heavy (non-hydrogen) atoms. The largest absolute Gasteiger partial charge is 0.366 e. The van der Waals surface area contributed by atoms with Crippen LogP contribution in [0.5, 0.6) is 0 Å². The van der Waals surface area contributed by atoms with Crippen LogP contribution < -0.4 is 16.6 Å². The van der Waals surface area contributed by atoms with Crippen molar-refractivity contribution in [1.29, 1.82) is 0 Å². The number of hydrogen-bond donors (Lipinski definition) is 3. The van der Waals surface area contributed by atoms with Crippen LogP contribution in [0.1, 0.15) is 32.2 Å². The second-order valence-corrected chi connectivity index (χ2v) is 5.57. The van der Waals surface area contributed by atoms with Gasteiger partial charge in [-0.1, -0.05) is 20.8 Å². The normalized spacial score (nSPS) is 11.2. The summed E-state index contributed by atoms with van der Waals surface area (Å²) in [6, 6.07) is 5.71. The Morgan fingerprint density at radius 1 is 1.10 bits per heavy atom. The van der Waals surface area contributed by atoms with Crippen LogP contribution in [0.4, 0.5) is 11.6 Å². The van der Waals surface area contributed by atoms with Crippen molar-refractivity contribution in [2.45, 2.75) is 32.7 Å². The average molecular weight is 272 g/mol. The van der Waals surface area contributed by atoms with Crippen molar-refractivity contribution in [3.05, 3.63) is 42.0 Å². The van der Waals surface area contributed by atoms with E-state index in [4.69, 9.17) is 5.84 Å². The van der Waals surface area contributed by atoms with E-state index in [1.54, 1.807) is 18.5 Å². The van der Waals surface area contributed by atoms with Crippen LogP contribution in [-0.4, -0.2) is 15.0 Å². The molecule has 0 aliphatic heterocycles. The molecule has 0 fully saturated rings. The van der Waals surface area contributed by atoms with E-state index in [0.29, 0.717) is 12.4 Å². The van der Waals surface area contributed by atoms with E-state index >= 15 is 0 Å². The molecule has 2 aromatic rings. The van der Waals surface area contributed by atoms with Crippen molar-refractivity contribution < 1.29 is 0 Å². The molecule has 6 heteroatoms. The van der Waals surface area contributed by atoms with Crippen molar-refractivity contribution in [2.75, 3.05) is 10.7 Å². The highest BCUT2D eigenvalue weighted by Gasteiger charge is 2.19. The van der Waals surface area contributed by atoms with Crippen LogP contribution in [0.15, 0.2) is 30.6 Å². The maximum atomic E-state index is 5.46. The van der Waals surface area contributed by atoms with Gasteiger partial charge in [0.25, 0.3) is 0 Å². The molecular formula is C14H20N6. The molecule has 0 amide bonds. The van der Waals surface area contributed by atoms with Gasteiger partial charge in [0, 0.05) is 30.4 Å². The topological polar surface area (TPSA) is 88.8 Å². The van der Waals surface area contributed by atoms with Gasteiger partial charge in [-0.15, -0.1) is 0 Å². The van der Waals surface area contributed by atoms with E-state index in [9.17, 15) is 0 Å². The van der Waals surface area contributed by atoms with Crippen LogP contribution in [0.2, 0.25) is 0 Å². The highest BCUT2D eigenvalue weighted by atomic mass is 15.3. The number of hydrogen-bond acceptors (Lipinski definition) is 6. The highest BCUT2D eigenvalue weighted by molar-refractivity contribution is 5.47. The first-order valence-corrected chi connectivity index (χ1v) is 6.48. The first-order chi connectivity index (χ1) is 9.49. The van der Waals surface area contributed by atoms with Crippen LogP contribution >= 0.6 is 0 Å². The number of anilines is 2. The minimum Gasteiger partial charge on any atom is -0.366 e. The fourth-order valence-corrected chi connectivity index (χ4v) is 1.64. The number of pyridine rings is 1. The molecule has 2 heterocycles. The molecule has 0 bridgehead atoms. The molecule has 0 aromatic carbocycles. The Kier molecular flexibility index (Phi) is 4.14. The van der Waals surface area contributed by atoms with Gasteiger partial charge in [0.2, 0.25) is 0 Å². The predicted molar refractivity (Wildman–Crippen MR) is 80.1 cm³/mol. The molecule has 106 valence electrons. The number of aromatic nitrogens is 3. The zero-order valence-corrected chi connectivity index (χ0v) is 12.0. The summed E-state index contributed by atoms with van der Waals surface area (Å²) in [5.74, 6) is 7.55. The standard InChI is InChI=1S/C14H20N6/c1-14(2,3)13-18-11(8-12(19-13)20-15)17-9-10-4-6-16-7-5-10/h4-8H,9,15H2,1-3H3,(H2,17,18,19,20). The molecule has 0 aliphatic rings. The molecule has 0 aliphatic carbocycles. The van der Waals surface area contributed by atoms with E-state index in [2.05, 4.69) is 46.5 Å². The maximum Gasteiger partial charge on any atom is 0.145 e. The summed E-state index contributed by atoms with van der Waals surface area (Å²) in [7, 11) is 0. The Morgan fingerprint density at radius 2 is 1.75 bits per heavy atom. The Balaban J connectivity index is 2.19. The Bertz CT molecular complexity index is 562. The van der Waals surface area contributed by atoms with E-state index in [-0.39, 0.29) is 5.41 Å². The molecule has 0 saturated heterocycles. The number of rotatable bonds is 4. The second-order valence-electron chi connectivity index (χ2n) is 5.57. The van der Waals surface area contributed by atoms with Crippen molar-refractivity contribution in [3.8, 4) is 0 Å². The molecule has 2 rings (SSSR count). The van der Waals surface area contributed by atoms with Gasteiger partial charge in [0.05, 0.1) is 0 Å². The zero-order chi connectivity index (χ0) is 14.6. The van der Waals surface area contributed by atoms with E-state index < -0.39 is 0 Å². The first-order valence-electron chi connectivity index (χ1n) is 6.48. The van der Waals surface area contributed by atoms with E-state index in [0.717, 1.165) is 17.2 Å². The zero-order valence-electron chi connectivity index (χ0n) is 12.0. The molecule has 4 N–H and O–H groups in total. The first kappa shape index (κ1) is 14.2. The van der Waals surface area contributed by atoms with Crippen molar-refractivity contribution in [3.63, 3.8) is 0 Å². The third-order valence-electron chi connectivity index (χ3n) is 2.77. The molecule has 0 unspecified atom stereocenters. The van der Waals surface area contributed by atoms with Gasteiger partial charge in [-0.2, -0.15) is 0 Å². The van der Waals surface area contributed by atoms with Crippen LogP contribution in [0.3, 0.4) is 0 Å². The predicted octanol–water partition coefficient (Wildman–Crippen LogP) is 2.07. The van der Waals surface area contributed by atoms with Crippen LogP contribution in [0.25, 0.3) is 0 Å². The van der Waals surface area contributed by atoms with Crippen molar-refractivity contribution in [2.24, 2.45) is 5.84 Å². The molecule has 6 nitrogen and oxygen atoms in total. The Morgan fingerprint density at radius 3 is 2.35 bits per heavy atom. The van der Waals surface area contributed by atoms with Gasteiger partial charge in [-0.25, -0.2) is 15.8 Å². The minimum absolute atomic E-state index is 0.139. The highest BCUT2D eigenvalue weighted by Crippen LogP contribution is 2.22.